The minimum atomic E-state index is -4.10. The van der Waals surface area contributed by atoms with E-state index in [1.807, 2.05) is 44.2 Å². The summed E-state index contributed by atoms with van der Waals surface area (Å²) in [4.78, 5) is 15.2. The fraction of sp³-hybridized carbons (Fsp3) is 0.588. The molecule has 2 fully saturated rings. The van der Waals surface area contributed by atoms with Gasteiger partial charge in [0.2, 0.25) is 5.78 Å². The third-order valence-corrected chi connectivity index (χ3v) is 5.97. The maximum absolute atomic E-state index is 13.6. The average Bonchev–Trinajstić information content (AvgIpc) is 3.05. The van der Waals surface area contributed by atoms with Crippen LogP contribution in [0.1, 0.15) is 45.1 Å². The Balaban J connectivity index is 2.06. The minimum absolute atomic E-state index is 0.308. The second-order valence-corrected chi connectivity index (χ2v) is 7.46. The van der Waals surface area contributed by atoms with Gasteiger partial charge in [0.15, 0.2) is 0 Å². The monoisotopic (exact) mass is 353 g/mol. The van der Waals surface area contributed by atoms with E-state index in [0.717, 1.165) is 18.4 Å². The molecule has 0 aromatic heterocycles. The van der Waals surface area contributed by atoms with E-state index < -0.39 is 21.7 Å². The predicted molar refractivity (Wildman–Crippen MR) is 88.3 cm³/mol. The van der Waals surface area contributed by atoms with Gasteiger partial charge in [-0.1, -0.05) is 57.0 Å². The molecule has 1 aromatic rings. The average molecular weight is 353 g/mol. The number of rotatable bonds is 6. The van der Waals surface area contributed by atoms with Gasteiger partial charge >= 0.3 is 16.3 Å². The van der Waals surface area contributed by atoms with Crippen molar-refractivity contribution in [1.82, 2.24) is 4.90 Å². The molecule has 0 atom stereocenters. The first kappa shape index (κ1) is 17.5. The third kappa shape index (κ3) is 2.60. The molecule has 0 N–H and O–H groups in total. The topological polar surface area (TPSA) is 72.9 Å². The number of hydrogen-bond acceptors (Lipinski definition) is 6. The van der Waals surface area contributed by atoms with Gasteiger partial charge in [0.05, 0.1) is 5.41 Å². The van der Waals surface area contributed by atoms with Crippen LogP contribution in [0.3, 0.4) is 0 Å². The molecule has 1 aliphatic carbocycles. The van der Waals surface area contributed by atoms with E-state index in [-0.39, 0.29) is 5.78 Å². The van der Waals surface area contributed by atoms with E-state index in [1.54, 1.807) is 4.90 Å². The molecule has 0 bridgehead atoms. The number of benzene rings is 1. The van der Waals surface area contributed by atoms with Crippen molar-refractivity contribution in [3.05, 3.63) is 35.9 Å². The van der Waals surface area contributed by atoms with Crippen molar-refractivity contribution in [3.8, 4) is 0 Å². The van der Waals surface area contributed by atoms with Gasteiger partial charge in [0, 0.05) is 13.1 Å². The SMILES string of the molecule is CCN(CC)C1(C(=O)C2(c3ccccc3)CCCC2)OS(=O)(=O)O1. The molecular formula is C17H23NO5S. The predicted octanol–water partition coefficient (Wildman–Crippen LogP) is 2.35. The summed E-state index contributed by atoms with van der Waals surface area (Å²) in [5, 5.41) is 0. The summed E-state index contributed by atoms with van der Waals surface area (Å²) in [6, 6.07) is 9.54. The number of Topliss-reactive ketones (excluding diaryl/α,β-unsaturated/α-hetero) is 1. The van der Waals surface area contributed by atoms with E-state index in [2.05, 4.69) is 0 Å². The van der Waals surface area contributed by atoms with Crippen molar-refractivity contribution in [1.29, 1.82) is 0 Å². The number of nitrogens with zero attached hydrogens (tertiary/aromatic N) is 1. The molecule has 1 aromatic carbocycles. The van der Waals surface area contributed by atoms with Gasteiger partial charge in [-0.3, -0.25) is 4.79 Å². The lowest BCUT2D eigenvalue weighted by molar-refractivity contribution is -0.265. The van der Waals surface area contributed by atoms with E-state index in [0.29, 0.717) is 25.9 Å². The number of likely N-dealkylation sites (N-methyl/N-ethyl adjacent to an activating group) is 1. The molecule has 1 saturated heterocycles. The Hall–Kier alpha value is -1.28. The lowest BCUT2D eigenvalue weighted by Gasteiger charge is -2.48. The summed E-state index contributed by atoms with van der Waals surface area (Å²) in [6.45, 7) is 4.59. The molecule has 1 aliphatic heterocycles. The Labute approximate surface area is 143 Å². The van der Waals surface area contributed by atoms with Crippen molar-refractivity contribution in [3.63, 3.8) is 0 Å². The van der Waals surface area contributed by atoms with Crippen LogP contribution in [0.2, 0.25) is 0 Å². The summed E-state index contributed by atoms with van der Waals surface area (Å²) in [6.07, 6.45) is 3.18. The normalized spacial score (nSPS) is 23.8. The Kier molecular flexibility index (Phi) is 4.55. The Morgan fingerprint density at radius 3 is 2.08 bits per heavy atom. The number of ketones is 1. The van der Waals surface area contributed by atoms with Crippen molar-refractivity contribution in [2.24, 2.45) is 0 Å². The van der Waals surface area contributed by atoms with Crippen LogP contribution >= 0.6 is 0 Å². The smallest absolute Gasteiger partial charge is 0.291 e. The van der Waals surface area contributed by atoms with Gasteiger partial charge in [0.25, 0.3) is 0 Å². The second kappa shape index (κ2) is 6.22. The third-order valence-electron chi connectivity index (χ3n) is 5.11. The lowest BCUT2D eigenvalue weighted by Crippen LogP contribution is -2.70. The molecule has 2 aliphatic rings. The van der Waals surface area contributed by atoms with Crippen LogP contribution in [0.25, 0.3) is 0 Å². The zero-order chi connectivity index (χ0) is 17.4. The lowest BCUT2D eigenvalue weighted by atomic mass is 9.73. The van der Waals surface area contributed by atoms with Gasteiger partial charge < -0.3 is 0 Å². The highest BCUT2D eigenvalue weighted by Crippen LogP contribution is 2.48. The van der Waals surface area contributed by atoms with E-state index >= 15 is 0 Å². The van der Waals surface area contributed by atoms with Gasteiger partial charge in [0.1, 0.15) is 0 Å². The molecule has 0 radical (unpaired) electrons. The highest BCUT2D eigenvalue weighted by Gasteiger charge is 2.66. The van der Waals surface area contributed by atoms with Crippen LogP contribution in [-0.2, 0) is 29.0 Å². The Morgan fingerprint density at radius 2 is 1.62 bits per heavy atom. The highest BCUT2D eigenvalue weighted by molar-refractivity contribution is 7.83. The zero-order valence-corrected chi connectivity index (χ0v) is 14.8. The molecule has 3 rings (SSSR count). The quantitative estimate of drug-likeness (QED) is 0.782. The first-order valence-electron chi connectivity index (χ1n) is 8.42. The van der Waals surface area contributed by atoms with Crippen molar-refractivity contribution < 1.29 is 21.6 Å². The summed E-state index contributed by atoms with van der Waals surface area (Å²) in [5.74, 6) is -2.14. The zero-order valence-electron chi connectivity index (χ0n) is 14.0. The molecule has 0 spiro atoms. The molecule has 132 valence electrons. The molecule has 0 amide bonds. The first-order valence-corrected chi connectivity index (χ1v) is 9.75. The number of carbonyl (C=O) groups excluding carboxylic acids is 1. The summed E-state index contributed by atoms with van der Waals surface area (Å²) in [7, 11) is -4.10. The maximum atomic E-state index is 13.6. The Morgan fingerprint density at radius 1 is 1.08 bits per heavy atom. The highest BCUT2D eigenvalue weighted by atomic mass is 32.3. The van der Waals surface area contributed by atoms with Gasteiger partial charge in [-0.25, -0.2) is 4.90 Å². The minimum Gasteiger partial charge on any atom is -0.291 e. The summed E-state index contributed by atoms with van der Waals surface area (Å²) < 4.78 is 33.4. The first-order chi connectivity index (χ1) is 11.4. The molecule has 0 unspecified atom stereocenters. The molecule has 7 heteroatoms. The van der Waals surface area contributed by atoms with Gasteiger partial charge in [-0.2, -0.15) is 16.8 Å². The van der Waals surface area contributed by atoms with E-state index in [1.165, 1.54) is 0 Å². The fourth-order valence-electron chi connectivity index (χ4n) is 3.93. The second-order valence-electron chi connectivity index (χ2n) is 6.31. The van der Waals surface area contributed by atoms with Crippen LogP contribution in [0.5, 0.6) is 0 Å². The number of hydrogen-bond donors (Lipinski definition) is 0. The van der Waals surface area contributed by atoms with Crippen LogP contribution in [0.15, 0.2) is 30.3 Å². The molecule has 24 heavy (non-hydrogen) atoms. The number of carbonyl (C=O) groups is 1. The van der Waals surface area contributed by atoms with Crippen LogP contribution in [0, 0.1) is 0 Å². The summed E-state index contributed by atoms with van der Waals surface area (Å²) >= 11 is 0. The van der Waals surface area contributed by atoms with Crippen LogP contribution in [0.4, 0.5) is 0 Å². The van der Waals surface area contributed by atoms with E-state index in [4.69, 9.17) is 8.37 Å². The van der Waals surface area contributed by atoms with Crippen molar-refractivity contribution >= 4 is 16.2 Å². The maximum Gasteiger partial charge on any atom is 0.408 e. The van der Waals surface area contributed by atoms with Gasteiger partial charge in [-0.15, -0.1) is 0 Å². The van der Waals surface area contributed by atoms with Crippen LogP contribution < -0.4 is 0 Å². The molecular weight excluding hydrogens is 330 g/mol. The summed E-state index contributed by atoms with van der Waals surface area (Å²) in [5.41, 5.74) is 0.135. The molecule has 1 heterocycles. The molecule has 6 nitrogen and oxygen atoms in total. The van der Waals surface area contributed by atoms with Crippen LogP contribution in [-0.4, -0.2) is 38.1 Å². The van der Waals surface area contributed by atoms with E-state index in [9.17, 15) is 13.2 Å². The standard InChI is InChI=1S/C17H23NO5S/c1-3-18(4-2)17(22-24(20,21)23-17)15(19)16(12-8-9-13-16)14-10-6-5-7-11-14/h5-7,10-11H,3-4,8-9,12-13H2,1-2H3. The van der Waals surface area contributed by atoms with Crippen molar-refractivity contribution in [2.45, 2.75) is 50.9 Å². The largest absolute Gasteiger partial charge is 0.408 e. The Bertz CT molecular complexity index is 694. The van der Waals surface area contributed by atoms with Crippen molar-refractivity contribution in [2.75, 3.05) is 13.1 Å². The fourth-order valence-corrected chi connectivity index (χ4v) is 4.86. The van der Waals surface area contributed by atoms with Gasteiger partial charge in [-0.05, 0) is 18.4 Å². The molecule has 1 saturated carbocycles.